The summed E-state index contributed by atoms with van der Waals surface area (Å²) in [6, 6.07) is 1.95. The summed E-state index contributed by atoms with van der Waals surface area (Å²) in [6.45, 7) is 0.681. The standard InChI is InChI=1S/C7H9N3/c1-10(6-8)5-7-2-3-9-4-7/h2-4,9H,5H2,1H3. The molecule has 0 spiro atoms. The number of aromatic amines is 1. The molecule has 10 heavy (non-hydrogen) atoms. The maximum absolute atomic E-state index is 8.40. The van der Waals surface area contributed by atoms with Crippen LogP contribution in [0.4, 0.5) is 0 Å². The van der Waals surface area contributed by atoms with Crippen LogP contribution in [-0.2, 0) is 6.54 Å². The molecule has 0 aliphatic heterocycles. The molecule has 0 atom stereocenters. The monoisotopic (exact) mass is 135 g/mol. The molecular formula is C7H9N3. The molecule has 1 N–H and O–H groups in total. The fourth-order valence-electron chi connectivity index (χ4n) is 0.766. The van der Waals surface area contributed by atoms with Crippen LogP contribution in [0, 0.1) is 11.5 Å². The van der Waals surface area contributed by atoms with Gasteiger partial charge in [-0.2, -0.15) is 5.26 Å². The highest BCUT2D eigenvalue weighted by molar-refractivity contribution is 5.08. The Morgan fingerprint density at radius 2 is 2.60 bits per heavy atom. The predicted octanol–water partition coefficient (Wildman–Crippen LogP) is 0.928. The number of aromatic nitrogens is 1. The molecule has 0 fully saturated rings. The number of H-pyrrole nitrogens is 1. The van der Waals surface area contributed by atoms with E-state index in [-0.39, 0.29) is 0 Å². The van der Waals surface area contributed by atoms with Gasteiger partial charge in [0.15, 0.2) is 6.19 Å². The Bertz CT molecular complexity index is 219. The highest BCUT2D eigenvalue weighted by atomic mass is 15.1. The van der Waals surface area contributed by atoms with Gasteiger partial charge in [-0.25, -0.2) is 0 Å². The van der Waals surface area contributed by atoms with Gasteiger partial charge < -0.3 is 9.88 Å². The lowest BCUT2D eigenvalue weighted by Crippen LogP contribution is -2.09. The average Bonchev–Trinajstić information content (AvgIpc) is 2.40. The van der Waals surface area contributed by atoms with Crippen molar-refractivity contribution in [1.82, 2.24) is 9.88 Å². The quantitative estimate of drug-likeness (QED) is 0.484. The van der Waals surface area contributed by atoms with Crippen molar-refractivity contribution in [3.05, 3.63) is 24.0 Å². The van der Waals surface area contributed by atoms with Crippen LogP contribution in [0.5, 0.6) is 0 Å². The van der Waals surface area contributed by atoms with Gasteiger partial charge in [0.25, 0.3) is 0 Å². The van der Waals surface area contributed by atoms with Crippen LogP contribution in [0.15, 0.2) is 18.5 Å². The number of nitrogens with one attached hydrogen (secondary N) is 1. The van der Waals surface area contributed by atoms with Gasteiger partial charge in [0, 0.05) is 19.4 Å². The van der Waals surface area contributed by atoms with Gasteiger partial charge in [-0.3, -0.25) is 0 Å². The second kappa shape index (κ2) is 2.92. The van der Waals surface area contributed by atoms with Crippen molar-refractivity contribution in [3.8, 4) is 6.19 Å². The van der Waals surface area contributed by atoms with Gasteiger partial charge in [0.2, 0.25) is 0 Å². The lowest BCUT2D eigenvalue weighted by molar-refractivity contribution is 0.470. The summed E-state index contributed by atoms with van der Waals surface area (Å²) in [5.74, 6) is 0. The summed E-state index contributed by atoms with van der Waals surface area (Å²) in [4.78, 5) is 4.50. The SMILES string of the molecule is CN(C#N)Cc1cc[nH]c1. The lowest BCUT2D eigenvalue weighted by Gasteiger charge is -2.04. The molecule has 0 saturated carbocycles. The van der Waals surface area contributed by atoms with E-state index in [9.17, 15) is 0 Å². The van der Waals surface area contributed by atoms with E-state index in [1.807, 2.05) is 24.7 Å². The molecule has 0 saturated heterocycles. The van der Waals surface area contributed by atoms with Crippen LogP contribution in [-0.4, -0.2) is 16.9 Å². The molecule has 1 aromatic heterocycles. The first kappa shape index (κ1) is 6.69. The Kier molecular flexibility index (Phi) is 1.96. The normalized spacial score (nSPS) is 8.80. The molecule has 0 unspecified atom stereocenters. The van der Waals surface area contributed by atoms with E-state index in [2.05, 4.69) is 4.98 Å². The number of hydrogen-bond donors (Lipinski definition) is 1. The lowest BCUT2D eigenvalue weighted by atomic mass is 10.3. The van der Waals surface area contributed by atoms with Crippen LogP contribution in [0.3, 0.4) is 0 Å². The fraction of sp³-hybridized carbons (Fsp3) is 0.286. The van der Waals surface area contributed by atoms with Crippen molar-refractivity contribution in [2.45, 2.75) is 6.54 Å². The zero-order valence-corrected chi connectivity index (χ0v) is 5.83. The molecule has 1 heterocycles. The highest BCUT2D eigenvalue weighted by Crippen LogP contribution is 1.98. The van der Waals surface area contributed by atoms with Crippen molar-refractivity contribution in [1.29, 1.82) is 5.26 Å². The maximum Gasteiger partial charge on any atom is 0.179 e. The van der Waals surface area contributed by atoms with Crippen LogP contribution in [0.1, 0.15) is 5.56 Å². The van der Waals surface area contributed by atoms with E-state index in [0.29, 0.717) is 6.54 Å². The molecule has 0 aliphatic carbocycles. The van der Waals surface area contributed by atoms with E-state index >= 15 is 0 Å². The van der Waals surface area contributed by atoms with Crippen LogP contribution in [0.25, 0.3) is 0 Å². The largest absolute Gasteiger partial charge is 0.367 e. The van der Waals surface area contributed by atoms with Crippen molar-refractivity contribution in [2.75, 3.05) is 7.05 Å². The van der Waals surface area contributed by atoms with E-state index in [1.54, 1.807) is 11.9 Å². The zero-order chi connectivity index (χ0) is 7.40. The van der Waals surface area contributed by atoms with Gasteiger partial charge in [-0.1, -0.05) is 0 Å². The van der Waals surface area contributed by atoms with E-state index < -0.39 is 0 Å². The zero-order valence-electron chi connectivity index (χ0n) is 5.83. The average molecular weight is 135 g/mol. The smallest absolute Gasteiger partial charge is 0.179 e. The molecule has 0 amide bonds. The first-order valence-electron chi connectivity index (χ1n) is 3.05. The molecule has 0 aliphatic rings. The number of nitriles is 1. The Balaban J connectivity index is 2.50. The molecule has 0 aromatic carbocycles. The minimum atomic E-state index is 0.681. The predicted molar refractivity (Wildman–Crippen MR) is 37.9 cm³/mol. The summed E-state index contributed by atoms with van der Waals surface area (Å²) in [7, 11) is 1.76. The van der Waals surface area contributed by atoms with Crippen molar-refractivity contribution >= 4 is 0 Å². The topological polar surface area (TPSA) is 42.8 Å². The van der Waals surface area contributed by atoms with Crippen LogP contribution < -0.4 is 0 Å². The first-order chi connectivity index (χ1) is 4.83. The minimum absolute atomic E-state index is 0.681. The van der Waals surface area contributed by atoms with Crippen molar-refractivity contribution < 1.29 is 0 Å². The molecular weight excluding hydrogens is 126 g/mol. The van der Waals surface area contributed by atoms with Crippen molar-refractivity contribution in [3.63, 3.8) is 0 Å². The first-order valence-corrected chi connectivity index (χ1v) is 3.05. The van der Waals surface area contributed by atoms with Gasteiger partial charge in [0.05, 0.1) is 6.54 Å². The van der Waals surface area contributed by atoms with Crippen LogP contribution >= 0.6 is 0 Å². The molecule has 52 valence electrons. The molecule has 3 heteroatoms. The Morgan fingerprint density at radius 1 is 1.80 bits per heavy atom. The summed E-state index contributed by atoms with van der Waals surface area (Å²) in [5, 5.41) is 8.40. The number of nitrogens with zero attached hydrogens (tertiary/aromatic N) is 2. The van der Waals surface area contributed by atoms with Gasteiger partial charge in [0.1, 0.15) is 0 Å². The second-order valence-electron chi connectivity index (χ2n) is 2.18. The van der Waals surface area contributed by atoms with E-state index in [4.69, 9.17) is 5.26 Å². The molecule has 0 bridgehead atoms. The minimum Gasteiger partial charge on any atom is -0.367 e. The van der Waals surface area contributed by atoms with E-state index in [0.717, 1.165) is 5.56 Å². The fourth-order valence-corrected chi connectivity index (χ4v) is 0.766. The van der Waals surface area contributed by atoms with Crippen LogP contribution in [0.2, 0.25) is 0 Å². The Hall–Kier alpha value is -1.43. The maximum atomic E-state index is 8.40. The Morgan fingerprint density at radius 3 is 3.10 bits per heavy atom. The summed E-state index contributed by atoms with van der Waals surface area (Å²) >= 11 is 0. The molecule has 1 aromatic rings. The van der Waals surface area contributed by atoms with Gasteiger partial charge in [-0.05, 0) is 11.6 Å². The summed E-state index contributed by atoms with van der Waals surface area (Å²) < 4.78 is 0. The number of hydrogen-bond acceptors (Lipinski definition) is 2. The third-order valence-corrected chi connectivity index (χ3v) is 1.25. The molecule has 1 rings (SSSR count). The van der Waals surface area contributed by atoms with Gasteiger partial charge >= 0.3 is 0 Å². The molecule has 3 nitrogen and oxygen atoms in total. The van der Waals surface area contributed by atoms with E-state index in [1.165, 1.54) is 0 Å². The van der Waals surface area contributed by atoms with Crippen molar-refractivity contribution in [2.24, 2.45) is 0 Å². The number of rotatable bonds is 2. The van der Waals surface area contributed by atoms with Gasteiger partial charge in [-0.15, -0.1) is 0 Å². The summed E-state index contributed by atoms with van der Waals surface area (Å²) in [6.07, 6.45) is 5.75. The second-order valence-corrected chi connectivity index (χ2v) is 2.18. The molecule has 0 radical (unpaired) electrons. The Labute approximate surface area is 59.9 Å². The third-order valence-electron chi connectivity index (χ3n) is 1.25. The third kappa shape index (κ3) is 1.52. The highest BCUT2D eigenvalue weighted by Gasteiger charge is 1.94. The summed E-state index contributed by atoms with van der Waals surface area (Å²) in [5.41, 5.74) is 1.13.